The second kappa shape index (κ2) is 6.59. The van der Waals surface area contributed by atoms with Crippen LogP contribution in [0.25, 0.3) is 0 Å². The predicted octanol–water partition coefficient (Wildman–Crippen LogP) is 3.06. The SMILES string of the molecule is CC(C)CC(N)C(=O)Nc1sc2c(c1C#N)CCC(C)C2. The van der Waals surface area contributed by atoms with E-state index in [1.54, 1.807) is 11.3 Å². The zero-order valence-corrected chi connectivity index (χ0v) is 13.7. The van der Waals surface area contributed by atoms with Gasteiger partial charge < -0.3 is 11.1 Å². The van der Waals surface area contributed by atoms with Crippen LogP contribution in [0.2, 0.25) is 0 Å². The molecule has 1 aliphatic rings. The Labute approximate surface area is 130 Å². The molecule has 1 amide bonds. The van der Waals surface area contributed by atoms with E-state index in [1.165, 1.54) is 4.88 Å². The standard InChI is InChI=1S/C16H23N3OS/c1-9(2)6-13(18)15(20)19-16-12(8-17)11-5-4-10(3)7-14(11)21-16/h9-10,13H,4-7,18H2,1-3H3,(H,19,20). The van der Waals surface area contributed by atoms with Crippen molar-refractivity contribution in [1.82, 2.24) is 0 Å². The molecule has 0 bridgehead atoms. The van der Waals surface area contributed by atoms with E-state index < -0.39 is 6.04 Å². The van der Waals surface area contributed by atoms with Crippen LogP contribution in [-0.2, 0) is 17.6 Å². The maximum absolute atomic E-state index is 12.2. The summed E-state index contributed by atoms with van der Waals surface area (Å²) in [5.74, 6) is 0.833. The lowest BCUT2D eigenvalue weighted by Gasteiger charge is -2.17. The van der Waals surface area contributed by atoms with Crippen LogP contribution in [0.4, 0.5) is 5.00 Å². The number of nitriles is 1. The molecular formula is C16H23N3OS. The van der Waals surface area contributed by atoms with Crippen LogP contribution in [0.3, 0.4) is 0 Å². The number of anilines is 1. The average Bonchev–Trinajstić information content (AvgIpc) is 2.73. The molecule has 0 fully saturated rings. The molecule has 0 aromatic carbocycles. The Bertz CT molecular complexity index is 571. The van der Waals surface area contributed by atoms with Gasteiger partial charge in [0, 0.05) is 4.88 Å². The first-order valence-electron chi connectivity index (χ1n) is 7.53. The molecule has 2 unspecified atom stereocenters. The van der Waals surface area contributed by atoms with Crippen LogP contribution in [0.15, 0.2) is 0 Å². The van der Waals surface area contributed by atoms with Gasteiger partial charge in [-0.25, -0.2) is 0 Å². The summed E-state index contributed by atoms with van der Waals surface area (Å²) in [7, 11) is 0. The molecular weight excluding hydrogens is 282 g/mol. The predicted molar refractivity (Wildman–Crippen MR) is 86.3 cm³/mol. The Balaban J connectivity index is 2.17. The van der Waals surface area contributed by atoms with Crippen molar-refractivity contribution < 1.29 is 4.79 Å². The number of rotatable bonds is 4. The smallest absolute Gasteiger partial charge is 0.241 e. The van der Waals surface area contributed by atoms with E-state index in [9.17, 15) is 10.1 Å². The van der Waals surface area contributed by atoms with Gasteiger partial charge in [0.1, 0.15) is 11.1 Å². The molecule has 0 aliphatic heterocycles. The average molecular weight is 305 g/mol. The number of nitrogens with one attached hydrogen (secondary N) is 1. The number of carbonyl (C=O) groups excluding carboxylic acids is 1. The van der Waals surface area contributed by atoms with E-state index in [0.717, 1.165) is 24.8 Å². The van der Waals surface area contributed by atoms with Gasteiger partial charge in [-0.2, -0.15) is 5.26 Å². The van der Waals surface area contributed by atoms with Gasteiger partial charge in [0.2, 0.25) is 5.91 Å². The fourth-order valence-electron chi connectivity index (χ4n) is 2.78. The van der Waals surface area contributed by atoms with Crippen molar-refractivity contribution >= 4 is 22.2 Å². The highest BCUT2D eigenvalue weighted by Gasteiger charge is 2.25. The third kappa shape index (κ3) is 3.63. The number of hydrogen-bond donors (Lipinski definition) is 2. The fourth-order valence-corrected chi connectivity index (χ4v) is 4.14. The summed E-state index contributed by atoms with van der Waals surface area (Å²) in [6, 6.07) is 1.74. The molecule has 114 valence electrons. The summed E-state index contributed by atoms with van der Waals surface area (Å²) in [5.41, 5.74) is 7.69. The van der Waals surface area contributed by atoms with Crippen molar-refractivity contribution in [3.05, 3.63) is 16.0 Å². The number of carbonyl (C=O) groups is 1. The molecule has 2 rings (SSSR count). The highest BCUT2D eigenvalue weighted by Crippen LogP contribution is 2.39. The van der Waals surface area contributed by atoms with Crippen molar-refractivity contribution in [2.24, 2.45) is 17.6 Å². The Morgan fingerprint density at radius 2 is 2.29 bits per heavy atom. The van der Waals surface area contributed by atoms with Crippen LogP contribution < -0.4 is 11.1 Å². The lowest BCUT2D eigenvalue weighted by molar-refractivity contribution is -0.117. The second-order valence-electron chi connectivity index (χ2n) is 6.39. The molecule has 4 nitrogen and oxygen atoms in total. The Hall–Kier alpha value is -1.38. The summed E-state index contributed by atoms with van der Waals surface area (Å²) >= 11 is 1.54. The number of thiophene rings is 1. The van der Waals surface area contributed by atoms with Gasteiger partial charge in [-0.1, -0.05) is 20.8 Å². The number of nitrogens with two attached hydrogens (primary N) is 1. The molecule has 1 aromatic rings. The molecule has 0 radical (unpaired) electrons. The zero-order chi connectivity index (χ0) is 15.6. The van der Waals surface area contributed by atoms with Crippen molar-refractivity contribution in [3.63, 3.8) is 0 Å². The minimum atomic E-state index is -0.519. The Morgan fingerprint density at radius 1 is 1.57 bits per heavy atom. The van der Waals surface area contributed by atoms with E-state index in [-0.39, 0.29) is 5.91 Å². The molecule has 0 saturated heterocycles. The lowest BCUT2D eigenvalue weighted by Crippen LogP contribution is -2.36. The summed E-state index contributed by atoms with van der Waals surface area (Å²) in [6.07, 6.45) is 3.70. The number of nitrogens with zero attached hydrogens (tertiary/aromatic N) is 1. The van der Waals surface area contributed by atoms with Crippen LogP contribution in [0.1, 0.15) is 49.6 Å². The van der Waals surface area contributed by atoms with Crippen LogP contribution in [0, 0.1) is 23.2 Å². The summed E-state index contributed by atoms with van der Waals surface area (Å²) in [4.78, 5) is 13.4. The van der Waals surface area contributed by atoms with E-state index in [4.69, 9.17) is 5.73 Å². The van der Waals surface area contributed by atoms with Crippen LogP contribution >= 0.6 is 11.3 Å². The Kier molecular flexibility index (Phi) is 5.02. The molecule has 0 saturated carbocycles. The van der Waals surface area contributed by atoms with Gasteiger partial charge >= 0.3 is 0 Å². The third-order valence-electron chi connectivity index (χ3n) is 3.92. The van der Waals surface area contributed by atoms with Gasteiger partial charge in [0.25, 0.3) is 0 Å². The first-order valence-corrected chi connectivity index (χ1v) is 8.35. The lowest BCUT2D eigenvalue weighted by atomic mass is 9.88. The summed E-state index contributed by atoms with van der Waals surface area (Å²) < 4.78 is 0. The van der Waals surface area contributed by atoms with Gasteiger partial charge in [0.05, 0.1) is 11.6 Å². The van der Waals surface area contributed by atoms with E-state index in [0.29, 0.717) is 28.8 Å². The van der Waals surface area contributed by atoms with E-state index in [1.807, 2.05) is 13.8 Å². The van der Waals surface area contributed by atoms with Crippen molar-refractivity contribution in [2.45, 2.75) is 52.5 Å². The van der Waals surface area contributed by atoms with E-state index in [2.05, 4.69) is 18.3 Å². The molecule has 1 heterocycles. The van der Waals surface area contributed by atoms with Crippen LogP contribution in [0.5, 0.6) is 0 Å². The molecule has 2 atom stereocenters. The van der Waals surface area contributed by atoms with Gasteiger partial charge in [-0.3, -0.25) is 4.79 Å². The van der Waals surface area contributed by atoms with Crippen molar-refractivity contribution in [3.8, 4) is 6.07 Å². The minimum Gasteiger partial charge on any atom is -0.320 e. The first-order chi connectivity index (χ1) is 9.92. The second-order valence-corrected chi connectivity index (χ2v) is 7.50. The van der Waals surface area contributed by atoms with Gasteiger partial charge in [-0.05, 0) is 43.1 Å². The summed E-state index contributed by atoms with van der Waals surface area (Å²) in [5, 5.41) is 13.0. The summed E-state index contributed by atoms with van der Waals surface area (Å²) in [6.45, 7) is 6.31. The molecule has 3 N–H and O–H groups in total. The largest absolute Gasteiger partial charge is 0.320 e. The van der Waals surface area contributed by atoms with Crippen molar-refractivity contribution in [2.75, 3.05) is 5.32 Å². The third-order valence-corrected chi connectivity index (χ3v) is 5.09. The monoisotopic (exact) mass is 305 g/mol. The molecule has 5 heteroatoms. The zero-order valence-electron chi connectivity index (χ0n) is 12.9. The number of hydrogen-bond acceptors (Lipinski definition) is 4. The quantitative estimate of drug-likeness (QED) is 0.897. The molecule has 1 aliphatic carbocycles. The highest BCUT2D eigenvalue weighted by atomic mass is 32.1. The van der Waals surface area contributed by atoms with Crippen molar-refractivity contribution in [1.29, 1.82) is 5.26 Å². The van der Waals surface area contributed by atoms with Gasteiger partial charge in [-0.15, -0.1) is 11.3 Å². The van der Waals surface area contributed by atoms with Gasteiger partial charge in [0.15, 0.2) is 0 Å². The minimum absolute atomic E-state index is 0.188. The van der Waals surface area contributed by atoms with Crippen LogP contribution in [-0.4, -0.2) is 11.9 Å². The highest BCUT2D eigenvalue weighted by molar-refractivity contribution is 7.16. The topological polar surface area (TPSA) is 78.9 Å². The molecule has 21 heavy (non-hydrogen) atoms. The maximum atomic E-state index is 12.2. The first kappa shape index (κ1) is 16.0. The fraction of sp³-hybridized carbons (Fsp3) is 0.625. The molecule has 0 spiro atoms. The molecule has 1 aromatic heterocycles. The van der Waals surface area contributed by atoms with E-state index >= 15 is 0 Å². The number of fused-ring (bicyclic) bond motifs is 1. The number of amides is 1. The maximum Gasteiger partial charge on any atom is 0.241 e. The normalized spacial score (nSPS) is 19.0. The Morgan fingerprint density at radius 3 is 2.90 bits per heavy atom.